The minimum atomic E-state index is 0.000563. The summed E-state index contributed by atoms with van der Waals surface area (Å²) in [5, 5.41) is 2.94. The van der Waals surface area contributed by atoms with E-state index in [-0.39, 0.29) is 11.6 Å². The molecule has 0 spiro atoms. The summed E-state index contributed by atoms with van der Waals surface area (Å²) in [6, 6.07) is 17.5. The van der Waals surface area contributed by atoms with Crippen LogP contribution in [-0.2, 0) is 0 Å². The predicted octanol–water partition coefficient (Wildman–Crippen LogP) is 3.20. The molecule has 3 aromatic rings. The van der Waals surface area contributed by atoms with E-state index in [4.69, 9.17) is 4.98 Å². The third-order valence-corrected chi connectivity index (χ3v) is 4.55. The molecule has 0 aliphatic carbocycles. The van der Waals surface area contributed by atoms with Crippen LogP contribution in [0.4, 0.5) is 0 Å². The Labute approximate surface area is 148 Å². The van der Waals surface area contributed by atoms with Crippen LogP contribution in [0.25, 0.3) is 16.6 Å². The van der Waals surface area contributed by atoms with Crippen molar-refractivity contribution in [1.29, 1.82) is 0 Å². The topological polar surface area (TPSA) is 51.5 Å². The third kappa shape index (κ3) is 3.80. The molecule has 0 saturated heterocycles. The number of nitrogens with two attached hydrogens (primary N) is 1. The number of hydrogen-bond acceptors (Lipinski definition) is 2. The average Bonchev–Trinajstić information content (AvgIpc) is 2.65. The Balaban J connectivity index is 2.07. The molecule has 2 aromatic carbocycles. The van der Waals surface area contributed by atoms with Crippen molar-refractivity contribution in [2.45, 2.75) is 39.2 Å². The zero-order valence-corrected chi connectivity index (χ0v) is 15.0. The summed E-state index contributed by atoms with van der Waals surface area (Å²) in [6.45, 7) is 5.38. The number of fused-ring (bicyclic) bond motifs is 1. The van der Waals surface area contributed by atoms with Gasteiger partial charge in [0.25, 0.3) is 5.56 Å². The van der Waals surface area contributed by atoms with Crippen LogP contribution in [-0.4, -0.2) is 16.1 Å². The van der Waals surface area contributed by atoms with Gasteiger partial charge < -0.3 is 5.32 Å². The van der Waals surface area contributed by atoms with Crippen LogP contribution in [0.3, 0.4) is 0 Å². The molecule has 1 aromatic heterocycles. The van der Waals surface area contributed by atoms with Gasteiger partial charge in [0.05, 0.1) is 23.1 Å². The minimum Gasteiger partial charge on any atom is -0.338 e. The number of para-hydroxylation sites is 2. The summed E-state index contributed by atoms with van der Waals surface area (Å²) in [6.07, 6.45) is 3.63. The van der Waals surface area contributed by atoms with Crippen LogP contribution in [0.2, 0.25) is 0 Å². The van der Waals surface area contributed by atoms with E-state index in [2.05, 4.69) is 19.2 Å². The molecule has 3 rings (SSSR count). The minimum absolute atomic E-state index is 0.000563. The predicted molar refractivity (Wildman–Crippen MR) is 102 cm³/mol. The highest BCUT2D eigenvalue weighted by atomic mass is 16.1. The van der Waals surface area contributed by atoms with E-state index in [0.29, 0.717) is 5.39 Å². The summed E-state index contributed by atoms with van der Waals surface area (Å²) < 4.78 is 1.77. The fourth-order valence-electron chi connectivity index (χ4n) is 3.15. The SMILES string of the molecule is CCCCC[NH2+][C@@H](C)c1nc2ccccc2c(=O)n1-c1ccccc1. The van der Waals surface area contributed by atoms with Crippen molar-refractivity contribution in [1.82, 2.24) is 9.55 Å². The van der Waals surface area contributed by atoms with E-state index in [1.54, 1.807) is 4.57 Å². The summed E-state index contributed by atoms with van der Waals surface area (Å²) in [5.74, 6) is 0.811. The first kappa shape index (κ1) is 17.4. The molecule has 0 radical (unpaired) electrons. The highest BCUT2D eigenvalue weighted by Gasteiger charge is 2.19. The van der Waals surface area contributed by atoms with Crippen molar-refractivity contribution in [3.05, 3.63) is 70.8 Å². The quantitative estimate of drug-likeness (QED) is 0.674. The number of benzene rings is 2. The Morgan fingerprint density at radius 3 is 2.52 bits per heavy atom. The van der Waals surface area contributed by atoms with Gasteiger partial charge in [-0.2, -0.15) is 0 Å². The summed E-state index contributed by atoms with van der Waals surface area (Å²) in [5.41, 5.74) is 1.64. The second kappa shape index (κ2) is 8.08. The second-order valence-electron chi connectivity index (χ2n) is 6.48. The van der Waals surface area contributed by atoms with Crippen LogP contribution in [0.15, 0.2) is 59.4 Å². The number of nitrogens with zero attached hydrogens (tertiary/aromatic N) is 2. The van der Waals surface area contributed by atoms with Gasteiger partial charge in [0, 0.05) is 0 Å². The lowest BCUT2D eigenvalue weighted by Crippen LogP contribution is -2.85. The zero-order chi connectivity index (χ0) is 17.6. The molecule has 1 heterocycles. The lowest BCUT2D eigenvalue weighted by molar-refractivity contribution is -0.694. The van der Waals surface area contributed by atoms with Crippen LogP contribution < -0.4 is 10.9 Å². The number of rotatable bonds is 7. The normalized spacial score (nSPS) is 12.4. The van der Waals surface area contributed by atoms with Crippen LogP contribution >= 0.6 is 0 Å². The van der Waals surface area contributed by atoms with Gasteiger partial charge in [-0.3, -0.25) is 9.36 Å². The van der Waals surface area contributed by atoms with Gasteiger partial charge in [0.15, 0.2) is 5.82 Å². The second-order valence-corrected chi connectivity index (χ2v) is 6.48. The largest absolute Gasteiger partial charge is 0.338 e. The monoisotopic (exact) mass is 336 g/mol. The molecule has 0 aliphatic rings. The first-order chi connectivity index (χ1) is 12.2. The Kier molecular flexibility index (Phi) is 5.61. The number of aromatic nitrogens is 2. The summed E-state index contributed by atoms with van der Waals surface area (Å²) >= 11 is 0. The Morgan fingerprint density at radius 2 is 1.76 bits per heavy atom. The Morgan fingerprint density at radius 1 is 1.04 bits per heavy atom. The maximum absolute atomic E-state index is 13.1. The highest BCUT2D eigenvalue weighted by Crippen LogP contribution is 2.16. The van der Waals surface area contributed by atoms with E-state index in [1.165, 1.54) is 19.3 Å². The maximum atomic E-state index is 13.1. The average molecular weight is 336 g/mol. The van der Waals surface area contributed by atoms with Crippen LogP contribution in [0, 0.1) is 0 Å². The van der Waals surface area contributed by atoms with Gasteiger partial charge in [-0.15, -0.1) is 0 Å². The number of unbranched alkanes of at least 4 members (excludes halogenated alkanes) is 2. The molecule has 0 unspecified atom stereocenters. The summed E-state index contributed by atoms with van der Waals surface area (Å²) in [4.78, 5) is 18.0. The van der Waals surface area contributed by atoms with E-state index in [1.807, 2.05) is 54.6 Å². The fraction of sp³-hybridized carbons (Fsp3) is 0.333. The molecule has 2 N–H and O–H groups in total. The highest BCUT2D eigenvalue weighted by molar-refractivity contribution is 5.77. The number of quaternary nitrogens is 1. The van der Waals surface area contributed by atoms with Gasteiger partial charge in [-0.1, -0.05) is 43.7 Å². The third-order valence-electron chi connectivity index (χ3n) is 4.55. The van der Waals surface area contributed by atoms with E-state index in [9.17, 15) is 4.79 Å². The zero-order valence-electron chi connectivity index (χ0n) is 15.0. The molecule has 0 amide bonds. The molecule has 4 heteroatoms. The van der Waals surface area contributed by atoms with Gasteiger partial charge in [0.2, 0.25) is 0 Å². The molecular formula is C21H26N3O+. The van der Waals surface area contributed by atoms with Gasteiger partial charge in [0.1, 0.15) is 6.04 Å². The smallest absolute Gasteiger partial charge is 0.266 e. The molecule has 1 atom stereocenters. The standard InChI is InChI=1S/C21H25N3O/c1-3-4-10-15-22-16(2)20-23-19-14-9-8-13-18(19)21(25)24(20)17-11-6-5-7-12-17/h5-9,11-14,16,22H,3-4,10,15H2,1-2H3/p+1/t16-/m0/s1. The maximum Gasteiger partial charge on any atom is 0.266 e. The lowest BCUT2D eigenvalue weighted by Gasteiger charge is -2.17. The van der Waals surface area contributed by atoms with Crippen LogP contribution in [0.5, 0.6) is 0 Å². The van der Waals surface area contributed by atoms with Gasteiger partial charge in [-0.25, -0.2) is 4.98 Å². The van der Waals surface area contributed by atoms with E-state index in [0.717, 1.165) is 23.6 Å². The van der Waals surface area contributed by atoms with E-state index >= 15 is 0 Å². The fourth-order valence-corrected chi connectivity index (χ4v) is 3.15. The van der Waals surface area contributed by atoms with Crippen molar-refractivity contribution in [2.24, 2.45) is 0 Å². The van der Waals surface area contributed by atoms with E-state index < -0.39 is 0 Å². The number of hydrogen-bond donors (Lipinski definition) is 1. The molecule has 130 valence electrons. The molecule has 0 saturated carbocycles. The first-order valence-electron chi connectivity index (χ1n) is 9.12. The molecule has 0 bridgehead atoms. The van der Waals surface area contributed by atoms with Crippen molar-refractivity contribution in [2.75, 3.05) is 6.54 Å². The van der Waals surface area contributed by atoms with Crippen molar-refractivity contribution >= 4 is 10.9 Å². The molecule has 0 aliphatic heterocycles. The van der Waals surface area contributed by atoms with Crippen molar-refractivity contribution in [3.63, 3.8) is 0 Å². The molecule has 4 nitrogen and oxygen atoms in total. The molecule has 25 heavy (non-hydrogen) atoms. The Hall–Kier alpha value is -2.46. The van der Waals surface area contributed by atoms with Crippen molar-refractivity contribution in [3.8, 4) is 5.69 Å². The van der Waals surface area contributed by atoms with Gasteiger partial charge in [-0.05, 0) is 44.0 Å². The van der Waals surface area contributed by atoms with Crippen LogP contribution in [0.1, 0.15) is 45.0 Å². The van der Waals surface area contributed by atoms with Crippen molar-refractivity contribution < 1.29 is 5.32 Å². The van der Waals surface area contributed by atoms with Gasteiger partial charge >= 0.3 is 0 Å². The molecule has 0 fully saturated rings. The first-order valence-corrected chi connectivity index (χ1v) is 9.12. The molecular weight excluding hydrogens is 310 g/mol. The Bertz CT molecular complexity index is 887. The lowest BCUT2D eigenvalue weighted by atomic mass is 10.2. The summed E-state index contributed by atoms with van der Waals surface area (Å²) in [7, 11) is 0.